The minimum Gasteiger partial charge on any atom is -0.380 e. The summed E-state index contributed by atoms with van der Waals surface area (Å²) in [6.45, 7) is 5.53. The SMILES string of the molecule is CC1CCCOC1(C)[SiH3]. The molecule has 1 aliphatic heterocycles. The fraction of sp³-hybridized carbons (Fsp3) is 1.00. The summed E-state index contributed by atoms with van der Waals surface area (Å²) in [6.07, 6.45) is 2.62. The largest absolute Gasteiger partial charge is 0.380 e. The summed E-state index contributed by atoms with van der Waals surface area (Å²) in [5, 5.41) is 0.276. The van der Waals surface area contributed by atoms with Crippen molar-refractivity contribution >= 4 is 10.2 Å². The van der Waals surface area contributed by atoms with Crippen LogP contribution in [0.5, 0.6) is 0 Å². The molecule has 0 aromatic rings. The zero-order chi connectivity index (χ0) is 6.91. The molecule has 0 aromatic heterocycles. The number of ether oxygens (including phenoxy) is 1. The Bertz CT molecular complexity index is 101. The van der Waals surface area contributed by atoms with Crippen LogP contribution in [0.1, 0.15) is 26.7 Å². The highest BCUT2D eigenvalue weighted by molar-refractivity contribution is 6.14. The van der Waals surface area contributed by atoms with Gasteiger partial charge in [0, 0.05) is 22.1 Å². The first-order chi connectivity index (χ1) is 4.13. The summed E-state index contributed by atoms with van der Waals surface area (Å²) in [5.74, 6) is 0.790. The Morgan fingerprint density at radius 1 is 1.67 bits per heavy atom. The molecule has 0 radical (unpaired) electrons. The van der Waals surface area contributed by atoms with Gasteiger partial charge >= 0.3 is 0 Å². The van der Waals surface area contributed by atoms with E-state index in [4.69, 9.17) is 4.74 Å². The maximum Gasteiger partial charge on any atom is 0.0483 e. The van der Waals surface area contributed by atoms with Crippen molar-refractivity contribution in [3.8, 4) is 0 Å². The van der Waals surface area contributed by atoms with Gasteiger partial charge in [-0.15, -0.1) is 0 Å². The molecule has 1 fully saturated rings. The van der Waals surface area contributed by atoms with E-state index in [1.165, 1.54) is 23.1 Å². The smallest absolute Gasteiger partial charge is 0.0483 e. The van der Waals surface area contributed by atoms with Crippen LogP contribution in [0.25, 0.3) is 0 Å². The van der Waals surface area contributed by atoms with E-state index in [1.54, 1.807) is 0 Å². The van der Waals surface area contributed by atoms with Gasteiger partial charge in [0.15, 0.2) is 0 Å². The third kappa shape index (κ3) is 1.55. The maximum atomic E-state index is 5.64. The Hall–Kier alpha value is 0.177. The molecule has 2 heteroatoms. The first kappa shape index (κ1) is 7.29. The first-order valence-electron chi connectivity index (χ1n) is 3.77. The van der Waals surface area contributed by atoms with Crippen LogP contribution in [-0.4, -0.2) is 22.1 Å². The predicted molar refractivity (Wildman–Crippen MR) is 42.7 cm³/mol. The summed E-state index contributed by atoms with van der Waals surface area (Å²) in [4.78, 5) is 0. The average Bonchev–Trinajstić information content (AvgIpc) is 1.77. The maximum absolute atomic E-state index is 5.64. The Morgan fingerprint density at radius 3 is 2.67 bits per heavy atom. The van der Waals surface area contributed by atoms with E-state index in [0.717, 1.165) is 12.5 Å². The van der Waals surface area contributed by atoms with E-state index in [2.05, 4.69) is 13.8 Å². The van der Waals surface area contributed by atoms with E-state index >= 15 is 0 Å². The van der Waals surface area contributed by atoms with E-state index in [-0.39, 0.29) is 5.22 Å². The number of rotatable bonds is 0. The topological polar surface area (TPSA) is 9.23 Å². The highest BCUT2D eigenvalue weighted by Crippen LogP contribution is 2.26. The molecule has 1 saturated heterocycles. The van der Waals surface area contributed by atoms with Gasteiger partial charge in [0.2, 0.25) is 0 Å². The van der Waals surface area contributed by atoms with Crippen LogP contribution < -0.4 is 0 Å². The van der Waals surface area contributed by atoms with Crippen molar-refractivity contribution in [2.24, 2.45) is 5.92 Å². The molecule has 0 saturated carbocycles. The van der Waals surface area contributed by atoms with Crippen LogP contribution in [0.4, 0.5) is 0 Å². The van der Waals surface area contributed by atoms with Gasteiger partial charge in [0.05, 0.1) is 0 Å². The van der Waals surface area contributed by atoms with Crippen molar-refractivity contribution in [1.29, 1.82) is 0 Å². The third-order valence-corrected chi connectivity index (χ3v) is 3.72. The molecule has 0 amide bonds. The van der Waals surface area contributed by atoms with Gasteiger partial charge in [-0.3, -0.25) is 0 Å². The fourth-order valence-electron chi connectivity index (χ4n) is 1.21. The average molecular weight is 144 g/mol. The molecule has 0 bridgehead atoms. The van der Waals surface area contributed by atoms with Crippen LogP contribution in [-0.2, 0) is 4.74 Å². The number of hydrogen-bond acceptors (Lipinski definition) is 1. The minimum absolute atomic E-state index is 0.276. The molecular weight excluding hydrogens is 128 g/mol. The molecule has 0 N–H and O–H groups in total. The summed E-state index contributed by atoms with van der Waals surface area (Å²) in [5.41, 5.74) is 0. The normalized spacial score (nSPS) is 45.3. The third-order valence-electron chi connectivity index (χ3n) is 2.44. The first-order valence-corrected chi connectivity index (χ1v) is 4.77. The van der Waals surface area contributed by atoms with Crippen molar-refractivity contribution in [3.05, 3.63) is 0 Å². The van der Waals surface area contributed by atoms with E-state index in [9.17, 15) is 0 Å². The van der Waals surface area contributed by atoms with E-state index in [0.29, 0.717) is 0 Å². The standard InChI is InChI=1S/C7H16OSi/c1-6-4-3-5-8-7(6,2)9/h6H,3-5H2,1-2,9H3. The van der Waals surface area contributed by atoms with Gasteiger partial charge in [-0.05, 0) is 25.7 Å². The fourth-order valence-corrected chi connectivity index (χ4v) is 1.71. The number of hydrogen-bond donors (Lipinski definition) is 0. The zero-order valence-corrected chi connectivity index (χ0v) is 8.61. The second-order valence-corrected chi connectivity index (χ2v) is 5.48. The molecule has 2 unspecified atom stereocenters. The van der Waals surface area contributed by atoms with Crippen molar-refractivity contribution in [2.45, 2.75) is 31.9 Å². The Balaban J connectivity index is 2.49. The van der Waals surface area contributed by atoms with Crippen molar-refractivity contribution in [2.75, 3.05) is 6.61 Å². The molecule has 0 aromatic carbocycles. The summed E-state index contributed by atoms with van der Waals surface area (Å²) in [6, 6.07) is 0. The van der Waals surface area contributed by atoms with Crippen molar-refractivity contribution in [1.82, 2.24) is 0 Å². The lowest BCUT2D eigenvalue weighted by atomic mass is 9.97. The quantitative estimate of drug-likeness (QED) is 0.450. The molecule has 1 aliphatic rings. The summed E-state index contributed by atoms with van der Waals surface area (Å²) >= 11 is 0. The Labute approximate surface area is 60.2 Å². The summed E-state index contributed by atoms with van der Waals surface area (Å²) in [7, 11) is 1.17. The molecule has 54 valence electrons. The lowest BCUT2D eigenvalue weighted by Crippen LogP contribution is -2.40. The summed E-state index contributed by atoms with van der Waals surface area (Å²) < 4.78 is 5.64. The van der Waals surface area contributed by atoms with E-state index in [1.807, 2.05) is 0 Å². The minimum atomic E-state index is 0.276. The van der Waals surface area contributed by atoms with Gasteiger partial charge in [-0.1, -0.05) is 6.92 Å². The van der Waals surface area contributed by atoms with Gasteiger partial charge in [-0.2, -0.15) is 0 Å². The molecule has 1 heterocycles. The van der Waals surface area contributed by atoms with Crippen LogP contribution in [0.3, 0.4) is 0 Å². The van der Waals surface area contributed by atoms with Gasteiger partial charge in [0.25, 0.3) is 0 Å². The molecule has 1 nitrogen and oxygen atoms in total. The molecule has 9 heavy (non-hydrogen) atoms. The van der Waals surface area contributed by atoms with Gasteiger partial charge < -0.3 is 4.74 Å². The molecular formula is C7H16OSi. The molecule has 2 atom stereocenters. The van der Waals surface area contributed by atoms with Crippen molar-refractivity contribution < 1.29 is 4.74 Å². The zero-order valence-electron chi connectivity index (χ0n) is 6.61. The molecule has 0 aliphatic carbocycles. The Morgan fingerprint density at radius 2 is 2.33 bits per heavy atom. The lowest BCUT2D eigenvalue weighted by molar-refractivity contribution is -0.0412. The predicted octanol–water partition coefficient (Wildman–Crippen LogP) is 0.514. The monoisotopic (exact) mass is 144 g/mol. The second-order valence-electron chi connectivity index (χ2n) is 3.50. The lowest BCUT2D eigenvalue weighted by Gasteiger charge is -2.36. The van der Waals surface area contributed by atoms with Gasteiger partial charge in [0.1, 0.15) is 0 Å². The van der Waals surface area contributed by atoms with Crippen LogP contribution in [0.2, 0.25) is 0 Å². The van der Waals surface area contributed by atoms with Crippen LogP contribution in [0, 0.1) is 5.92 Å². The van der Waals surface area contributed by atoms with E-state index < -0.39 is 0 Å². The molecule has 0 spiro atoms. The van der Waals surface area contributed by atoms with Crippen LogP contribution >= 0.6 is 0 Å². The van der Waals surface area contributed by atoms with Crippen LogP contribution in [0.15, 0.2) is 0 Å². The van der Waals surface area contributed by atoms with Gasteiger partial charge in [-0.25, -0.2) is 0 Å². The molecule has 1 rings (SSSR count). The second kappa shape index (κ2) is 2.43. The van der Waals surface area contributed by atoms with Crippen molar-refractivity contribution in [3.63, 3.8) is 0 Å². The highest BCUT2D eigenvalue weighted by atomic mass is 28.1. The Kier molecular flexibility index (Phi) is 1.96. The highest BCUT2D eigenvalue weighted by Gasteiger charge is 2.28.